The number of carbonyl (C=O) groups is 4. The van der Waals surface area contributed by atoms with Crippen LogP contribution in [0.15, 0.2) is 78.9 Å². The number of aryl methyl sites for hydroxylation is 2. The van der Waals surface area contributed by atoms with Crippen LogP contribution in [0.4, 0.5) is 0 Å². The minimum absolute atomic E-state index is 0.239. The molecule has 3 rings (SSSR count). The molecule has 0 spiro atoms. The predicted molar refractivity (Wildman–Crippen MR) is 190 cm³/mol. The average Bonchev–Trinajstić information content (AvgIpc) is 3.10. The van der Waals surface area contributed by atoms with Crippen molar-refractivity contribution >= 4 is 23.6 Å². The maximum atomic E-state index is 14.0. The third-order valence-electron chi connectivity index (χ3n) is 8.43. The van der Waals surface area contributed by atoms with Crippen molar-refractivity contribution in [2.45, 2.75) is 94.7 Å². The second kappa shape index (κ2) is 21.5. The number of ether oxygens (including phenoxy) is 1. The number of benzene rings is 3. The molecule has 3 atom stereocenters. The minimum Gasteiger partial charge on any atom is -0.246 e. The number of nitrogens with one attached hydrogen (secondary N) is 3. The van der Waals surface area contributed by atoms with Crippen LogP contribution in [0.25, 0.3) is 0 Å². The number of alkyl halides is 1. The number of ketones is 1. The van der Waals surface area contributed by atoms with E-state index in [1.807, 2.05) is 92.7 Å². The molecule has 5 N–H and O–H groups in total. The molecule has 0 fully saturated rings. The van der Waals surface area contributed by atoms with Gasteiger partial charge in [-0.2, -0.15) is 0 Å². The van der Waals surface area contributed by atoms with E-state index in [1.54, 1.807) is 0 Å². The van der Waals surface area contributed by atoms with Crippen LogP contribution in [0.5, 0.6) is 0 Å². The summed E-state index contributed by atoms with van der Waals surface area (Å²) in [5, 5.41) is 5.92. The number of halogens is 1. The molecule has 3 aromatic carbocycles. The first-order chi connectivity index (χ1) is 23.7. The van der Waals surface area contributed by atoms with Gasteiger partial charge in [-0.25, -0.2) is 4.79 Å². The van der Waals surface area contributed by atoms with Gasteiger partial charge >= 0.3 is 244 Å². The molecule has 0 aliphatic carbocycles. The van der Waals surface area contributed by atoms with Gasteiger partial charge in [0.15, 0.2) is 0 Å². The minimum atomic E-state index is -0.941. The fraction of sp³-hybridized carbons (Fsp3) is 0.436. The topological polar surface area (TPSA) is 140 Å². The van der Waals surface area contributed by atoms with Crippen LogP contribution in [0.1, 0.15) is 78.6 Å². The number of esters is 1. The van der Waals surface area contributed by atoms with Crippen LogP contribution in [0, 0.1) is 13.8 Å². The molecule has 0 aliphatic heterocycles. The molecule has 0 heterocycles. The van der Waals surface area contributed by atoms with Crippen LogP contribution in [-0.4, -0.2) is 58.8 Å². The van der Waals surface area contributed by atoms with E-state index >= 15 is 0 Å². The van der Waals surface area contributed by atoms with Gasteiger partial charge in [0.2, 0.25) is 0 Å². The molecule has 0 aromatic heterocycles. The molecule has 3 unspecified atom stereocenters. The Morgan fingerprint density at radius 2 is 1.24 bits per heavy atom. The standard InChI is InChI=1S/C39H52IN4O5/c1-5-31(6-2)40-44-34(25-30-20-11-8-12-21-30)38(47)43-33(24-29-18-9-7-10-19-29)37(46)42-32(22-13-14-23-41)35(45)26-49-39(48)36-27(3)16-15-17-28(36)4/h7-12,15-21,31-34,44H,5-6,13-14,22-26,41H2,1-4H3,(H,42,46)(H,43,47)/q-1. The number of hydrogen-bond acceptors (Lipinski definition) is 7. The molecular formula is C39H52IN4O5-. The Labute approximate surface area is 302 Å². The number of Topliss-reactive ketones (excluding diaryl/α,β-unsaturated/α-hetero) is 1. The monoisotopic (exact) mass is 783 g/mol. The van der Waals surface area contributed by atoms with Gasteiger partial charge in [-0.3, -0.25) is 0 Å². The SMILES string of the molecule is CCC(CC)[I-]NC(Cc1ccccc1)C(=O)NC(Cc1ccccc1)C(=O)NC(CCCCN)C(=O)COC(=O)c1c(C)cccc1C. The summed E-state index contributed by atoms with van der Waals surface area (Å²) < 4.78 is 9.55. The maximum absolute atomic E-state index is 14.0. The van der Waals surface area contributed by atoms with Crippen molar-refractivity contribution in [1.29, 1.82) is 0 Å². The molecule has 10 heteroatoms. The Morgan fingerprint density at radius 3 is 1.80 bits per heavy atom. The molecule has 3 aromatic rings. The van der Waals surface area contributed by atoms with Crippen LogP contribution >= 0.6 is 0 Å². The van der Waals surface area contributed by atoms with Gasteiger partial charge in [0.25, 0.3) is 0 Å². The molecule has 49 heavy (non-hydrogen) atoms. The molecular weight excluding hydrogens is 731 g/mol. The molecule has 0 bridgehead atoms. The van der Waals surface area contributed by atoms with E-state index in [2.05, 4.69) is 28.0 Å². The Bertz CT molecular complexity index is 1460. The van der Waals surface area contributed by atoms with Crippen molar-refractivity contribution in [3.8, 4) is 0 Å². The number of rotatable bonds is 21. The van der Waals surface area contributed by atoms with E-state index in [9.17, 15) is 19.2 Å². The number of nitrogens with two attached hydrogens (primary N) is 1. The number of amides is 2. The Kier molecular flexibility index (Phi) is 17.5. The fourth-order valence-corrected chi connectivity index (χ4v) is 7.82. The average molecular weight is 784 g/mol. The van der Waals surface area contributed by atoms with Gasteiger partial charge in [0.05, 0.1) is 5.56 Å². The van der Waals surface area contributed by atoms with Crippen molar-refractivity contribution in [1.82, 2.24) is 14.2 Å². The third-order valence-corrected chi connectivity index (χ3v) is 12.2. The quantitative estimate of drug-likeness (QED) is 0.0425. The Hall–Kier alpha value is -3.61. The van der Waals surface area contributed by atoms with E-state index in [-0.39, 0.29) is 12.3 Å². The summed E-state index contributed by atoms with van der Waals surface area (Å²) in [6.07, 6.45) is 4.38. The van der Waals surface area contributed by atoms with Crippen molar-refractivity contribution in [3.63, 3.8) is 0 Å². The predicted octanol–water partition coefficient (Wildman–Crippen LogP) is 1.76. The van der Waals surface area contributed by atoms with E-state index in [4.69, 9.17) is 10.5 Å². The van der Waals surface area contributed by atoms with Gasteiger partial charge in [0, 0.05) is 0 Å². The first-order valence-corrected chi connectivity index (χ1v) is 19.5. The molecule has 266 valence electrons. The zero-order chi connectivity index (χ0) is 35.6. The first kappa shape index (κ1) is 39.8. The normalized spacial score (nSPS) is 13.0. The first-order valence-electron chi connectivity index (χ1n) is 17.2. The van der Waals surface area contributed by atoms with E-state index < -0.39 is 63.9 Å². The number of carbonyl (C=O) groups excluding carboxylic acids is 4. The molecule has 0 aliphatic rings. The Balaban J connectivity index is 1.81. The van der Waals surface area contributed by atoms with Crippen molar-refractivity contribution in [3.05, 3.63) is 107 Å². The van der Waals surface area contributed by atoms with Crippen molar-refractivity contribution < 1.29 is 45.4 Å². The molecule has 9 nitrogen and oxygen atoms in total. The van der Waals surface area contributed by atoms with Crippen molar-refractivity contribution in [2.75, 3.05) is 13.2 Å². The smallest absolute Gasteiger partial charge is 0.246 e. The van der Waals surface area contributed by atoms with Crippen LogP contribution in [0.2, 0.25) is 0 Å². The zero-order valence-corrected chi connectivity index (χ0v) is 31.3. The molecule has 0 saturated heterocycles. The van der Waals surface area contributed by atoms with Gasteiger partial charge in [0.1, 0.15) is 0 Å². The van der Waals surface area contributed by atoms with Gasteiger partial charge in [-0.05, 0) is 25.0 Å². The number of unbranched alkanes of at least 4 members (excludes halogenated alkanes) is 1. The fourth-order valence-electron chi connectivity index (χ4n) is 5.49. The van der Waals surface area contributed by atoms with Crippen molar-refractivity contribution in [2.24, 2.45) is 5.73 Å². The van der Waals surface area contributed by atoms with Gasteiger partial charge in [-0.1, -0.05) is 18.2 Å². The summed E-state index contributed by atoms with van der Waals surface area (Å²) >= 11 is -0.476. The zero-order valence-electron chi connectivity index (χ0n) is 29.2. The Morgan fingerprint density at radius 1 is 0.714 bits per heavy atom. The van der Waals surface area contributed by atoms with E-state index in [0.717, 1.165) is 35.1 Å². The van der Waals surface area contributed by atoms with Crippen LogP contribution in [-0.2, 0) is 32.0 Å². The second-order valence-electron chi connectivity index (χ2n) is 12.3. The van der Waals surface area contributed by atoms with E-state index in [0.29, 0.717) is 41.7 Å². The third kappa shape index (κ3) is 13.3. The summed E-state index contributed by atoms with van der Waals surface area (Å²) in [5.41, 5.74) is 9.55. The summed E-state index contributed by atoms with van der Waals surface area (Å²) in [5.74, 6) is -1.75. The summed E-state index contributed by atoms with van der Waals surface area (Å²) in [4.78, 5) is 54.4. The van der Waals surface area contributed by atoms with Crippen LogP contribution < -0.4 is 41.4 Å². The summed E-state index contributed by atoms with van der Waals surface area (Å²) in [6, 6.07) is 22.4. The van der Waals surface area contributed by atoms with Gasteiger partial charge < -0.3 is 5.73 Å². The second-order valence-corrected chi connectivity index (χ2v) is 15.3. The summed E-state index contributed by atoms with van der Waals surface area (Å²) in [6.45, 7) is 7.92. The van der Waals surface area contributed by atoms with Gasteiger partial charge in [-0.15, -0.1) is 0 Å². The molecule has 0 radical (unpaired) electrons. The van der Waals surface area contributed by atoms with E-state index in [1.165, 1.54) is 0 Å². The summed E-state index contributed by atoms with van der Waals surface area (Å²) in [7, 11) is 0. The van der Waals surface area contributed by atoms with Crippen LogP contribution in [0.3, 0.4) is 0 Å². The molecule has 2 amide bonds. The molecule has 0 saturated carbocycles. The number of hydrogen-bond donors (Lipinski definition) is 4.